The maximum absolute atomic E-state index is 12.7. The largest absolute Gasteiger partial charge is 0.495 e. The molecule has 0 saturated heterocycles. The predicted molar refractivity (Wildman–Crippen MR) is 81.2 cm³/mol. The van der Waals surface area contributed by atoms with Gasteiger partial charge in [-0.1, -0.05) is 15.9 Å². The van der Waals surface area contributed by atoms with Crippen LogP contribution in [0, 0.1) is 5.82 Å². The molecule has 0 atom stereocenters. The third kappa shape index (κ3) is 4.46. The van der Waals surface area contributed by atoms with E-state index in [1.54, 1.807) is 12.1 Å². The number of benzene rings is 2. The van der Waals surface area contributed by atoms with Gasteiger partial charge in [0.05, 0.1) is 12.8 Å². The quantitative estimate of drug-likeness (QED) is 0.892. The molecule has 0 heterocycles. The topological polar surface area (TPSA) is 47.6 Å². The van der Waals surface area contributed by atoms with Gasteiger partial charge in [0.25, 0.3) is 5.91 Å². The second-order valence-corrected chi connectivity index (χ2v) is 5.05. The molecule has 2 aromatic carbocycles. The van der Waals surface area contributed by atoms with Crippen molar-refractivity contribution in [3.05, 3.63) is 52.8 Å². The molecule has 0 bridgehead atoms. The van der Waals surface area contributed by atoms with E-state index < -0.39 is 0 Å². The Morgan fingerprint density at radius 1 is 1.24 bits per heavy atom. The van der Waals surface area contributed by atoms with Gasteiger partial charge in [0, 0.05) is 4.47 Å². The number of hydrogen-bond acceptors (Lipinski definition) is 3. The molecule has 0 spiro atoms. The van der Waals surface area contributed by atoms with Crippen molar-refractivity contribution in [1.29, 1.82) is 0 Å². The maximum atomic E-state index is 12.7. The monoisotopic (exact) mass is 353 g/mol. The number of amides is 1. The van der Waals surface area contributed by atoms with Crippen molar-refractivity contribution in [2.45, 2.75) is 0 Å². The molecule has 4 nitrogen and oxygen atoms in total. The number of anilines is 1. The van der Waals surface area contributed by atoms with Crippen LogP contribution >= 0.6 is 15.9 Å². The summed E-state index contributed by atoms with van der Waals surface area (Å²) >= 11 is 3.32. The van der Waals surface area contributed by atoms with Crippen LogP contribution in [-0.2, 0) is 4.79 Å². The van der Waals surface area contributed by atoms with Crippen molar-refractivity contribution in [2.24, 2.45) is 0 Å². The van der Waals surface area contributed by atoms with E-state index in [1.807, 2.05) is 6.07 Å². The van der Waals surface area contributed by atoms with Gasteiger partial charge < -0.3 is 14.8 Å². The van der Waals surface area contributed by atoms with Crippen molar-refractivity contribution in [3.63, 3.8) is 0 Å². The van der Waals surface area contributed by atoms with Crippen molar-refractivity contribution in [1.82, 2.24) is 0 Å². The summed E-state index contributed by atoms with van der Waals surface area (Å²) in [7, 11) is 1.52. The third-order valence-electron chi connectivity index (χ3n) is 2.62. The fraction of sp³-hybridized carbons (Fsp3) is 0.133. The predicted octanol–water partition coefficient (Wildman–Crippen LogP) is 3.61. The zero-order chi connectivity index (χ0) is 15.2. The summed E-state index contributed by atoms with van der Waals surface area (Å²) < 4.78 is 24.0. The van der Waals surface area contributed by atoms with Crippen molar-refractivity contribution < 1.29 is 18.7 Å². The summed E-state index contributed by atoms with van der Waals surface area (Å²) in [6.45, 7) is -0.179. The van der Waals surface area contributed by atoms with Gasteiger partial charge in [0.15, 0.2) is 6.61 Å². The molecular weight excluding hydrogens is 341 g/mol. The number of ether oxygens (including phenoxy) is 2. The summed E-state index contributed by atoms with van der Waals surface area (Å²) in [5, 5.41) is 2.69. The van der Waals surface area contributed by atoms with E-state index in [1.165, 1.54) is 31.4 Å². The van der Waals surface area contributed by atoms with Crippen molar-refractivity contribution >= 4 is 27.5 Å². The van der Waals surface area contributed by atoms with E-state index >= 15 is 0 Å². The Balaban J connectivity index is 1.95. The highest BCUT2D eigenvalue weighted by atomic mass is 79.9. The lowest BCUT2D eigenvalue weighted by Gasteiger charge is -2.11. The average Bonchev–Trinajstić information content (AvgIpc) is 2.47. The van der Waals surface area contributed by atoms with Crippen LogP contribution in [-0.4, -0.2) is 19.6 Å². The molecule has 0 aliphatic heterocycles. The second kappa shape index (κ2) is 7.08. The van der Waals surface area contributed by atoms with Gasteiger partial charge in [-0.25, -0.2) is 4.39 Å². The van der Waals surface area contributed by atoms with E-state index in [0.29, 0.717) is 17.2 Å². The number of halogens is 2. The molecule has 110 valence electrons. The molecule has 0 fully saturated rings. The van der Waals surface area contributed by atoms with Gasteiger partial charge in [-0.05, 0) is 42.5 Å². The number of hydrogen-bond donors (Lipinski definition) is 1. The van der Waals surface area contributed by atoms with E-state index in [4.69, 9.17) is 9.47 Å². The molecule has 0 saturated carbocycles. The molecule has 0 radical (unpaired) electrons. The van der Waals surface area contributed by atoms with Gasteiger partial charge in [-0.15, -0.1) is 0 Å². The summed E-state index contributed by atoms with van der Waals surface area (Å²) in [5.41, 5.74) is 0.541. The fourth-order valence-electron chi connectivity index (χ4n) is 1.64. The first-order chi connectivity index (χ1) is 10.1. The Morgan fingerprint density at radius 2 is 1.95 bits per heavy atom. The SMILES string of the molecule is COc1ccc(Br)cc1NC(=O)COc1ccc(F)cc1. The minimum atomic E-state index is -0.356. The van der Waals surface area contributed by atoms with Crippen LogP contribution in [0.4, 0.5) is 10.1 Å². The molecule has 6 heteroatoms. The zero-order valence-corrected chi connectivity index (χ0v) is 12.8. The van der Waals surface area contributed by atoms with Crippen molar-refractivity contribution in [2.75, 3.05) is 19.0 Å². The zero-order valence-electron chi connectivity index (χ0n) is 11.2. The molecule has 0 unspecified atom stereocenters. The molecule has 2 aromatic rings. The normalized spacial score (nSPS) is 10.0. The molecule has 21 heavy (non-hydrogen) atoms. The lowest BCUT2D eigenvalue weighted by atomic mass is 10.3. The minimum absolute atomic E-state index is 0.179. The van der Waals surface area contributed by atoms with Crippen LogP contribution in [0.25, 0.3) is 0 Å². The molecule has 1 N–H and O–H groups in total. The smallest absolute Gasteiger partial charge is 0.262 e. The summed E-state index contributed by atoms with van der Waals surface area (Å²) in [4.78, 5) is 11.9. The number of rotatable bonds is 5. The Morgan fingerprint density at radius 3 is 2.62 bits per heavy atom. The highest BCUT2D eigenvalue weighted by Gasteiger charge is 2.09. The number of nitrogens with one attached hydrogen (secondary N) is 1. The molecule has 1 amide bonds. The Kier molecular flexibility index (Phi) is 5.16. The van der Waals surface area contributed by atoms with Crippen LogP contribution in [0.5, 0.6) is 11.5 Å². The molecule has 2 rings (SSSR count). The first-order valence-corrected chi connectivity index (χ1v) is 6.89. The van der Waals surface area contributed by atoms with Gasteiger partial charge in [-0.3, -0.25) is 4.79 Å². The summed E-state index contributed by atoms with van der Waals surface area (Å²) in [5.74, 6) is 0.280. The fourth-order valence-corrected chi connectivity index (χ4v) is 2.00. The average molecular weight is 354 g/mol. The Hall–Kier alpha value is -2.08. The number of carbonyl (C=O) groups is 1. The van der Waals surface area contributed by atoms with Crippen LogP contribution in [0.3, 0.4) is 0 Å². The molecule has 0 aliphatic carbocycles. The van der Waals surface area contributed by atoms with E-state index in [-0.39, 0.29) is 18.3 Å². The summed E-state index contributed by atoms with van der Waals surface area (Å²) in [6.07, 6.45) is 0. The first kappa shape index (κ1) is 15.3. The van der Waals surface area contributed by atoms with Crippen LogP contribution in [0.2, 0.25) is 0 Å². The standard InChI is InChI=1S/C15H13BrFNO3/c1-20-14-7-2-10(16)8-13(14)18-15(19)9-21-12-5-3-11(17)4-6-12/h2-8H,9H2,1H3,(H,18,19). The first-order valence-electron chi connectivity index (χ1n) is 6.10. The molecule has 0 aliphatic rings. The van der Waals surface area contributed by atoms with Crippen LogP contribution < -0.4 is 14.8 Å². The summed E-state index contributed by atoms with van der Waals surface area (Å²) in [6, 6.07) is 10.7. The third-order valence-corrected chi connectivity index (χ3v) is 3.11. The van der Waals surface area contributed by atoms with E-state index in [0.717, 1.165) is 4.47 Å². The van der Waals surface area contributed by atoms with Gasteiger partial charge in [-0.2, -0.15) is 0 Å². The van der Waals surface area contributed by atoms with Gasteiger partial charge in [0.2, 0.25) is 0 Å². The lowest BCUT2D eigenvalue weighted by molar-refractivity contribution is -0.118. The van der Waals surface area contributed by atoms with Crippen LogP contribution in [0.15, 0.2) is 46.9 Å². The Bertz CT molecular complexity index is 631. The highest BCUT2D eigenvalue weighted by molar-refractivity contribution is 9.10. The lowest BCUT2D eigenvalue weighted by Crippen LogP contribution is -2.20. The molecule has 0 aromatic heterocycles. The maximum Gasteiger partial charge on any atom is 0.262 e. The van der Waals surface area contributed by atoms with E-state index in [2.05, 4.69) is 21.2 Å². The molecular formula is C15H13BrFNO3. The number of methoxy groups -OCH3 is 1. The minimum Gasteiger partial charge on any atom is -0.495 e. The van der Waals surface area contributed by atoms with Gasteiger partial charge in [0.1, 0.15) is 17.3 Å². The van der Waals surface area contributed by atoms with Crippen molar-refractivity contribution in [3.8, 4) is 11.5 Å². The Labute approximate surface area is 130 Å². The number of carbonyl (C=O) groups excluding carboxylic acids is 1. The van der Waals surface area contributed by atoms with Crippen LogP contribution in [0.1, 0.15) is 0 Å². The van der Waals surface area contributed by atoms with E-state index in [9.17, 15) is 9.18 Å². The van der Waals surface area contributed by atoms with Gasteiger partial charge >= 0.3 is 0 Å². The highest BCUT2D eigenvalue weighted by Crippen LogP contribution is 2.27. The second-order valence-electron chi connectivity index (χ2n) is 4.14.